The zero-order chi connectivity index (χ0) is 16.8. The molecule has 23 heavy (non-hydrogen) atoms. The molecule has 0 aliphatic heterocycles. The molecule has 0 saturated heterocycles. The first kappa shape index (κ1) is 16.4. The van der Waals surface area contributed by atoms with E-state index >= 15 is 0 Å². The molecular weight excluding hydrogens is 292 g/mol. The summed E-state index contributed by atoms with van der Waals surface area (Å²) in [7, 11) is 1.74. The van der Waals surface area contributed by atoms with Crippen LogP contribution in [0.15, 0.2) is 54.6 Å². The van der Waals surface area contributed by atoms with E-state index in [1.807, 2.05) is 31.2 Å². The number of amides is 1. The molecule has 0 aromatic heterocycles. The van der Waals surface area contributed by atoms with Gasteiger partial charge in [0.25, 0.3) is 5.69 Å². The molecule has 0 unspecified atom stereocenters. The third-order valence-electron chi connectivity index (χ3n) is 3.57. The molecule has 0 spiro atoms. The Bertz CT molecular complexity index is 736. The zero-order valence-electron chi connectivity index (χ0n) is 13.1. The number of aryl methyl sites for hydroxylation is 1. The summed E-state index contributed by atoms with van der Waals surface area (Å²) in [6.07, 6.45) is 3.12. The van der Waals surface area contributed by atoms with Crippen LogP contribution < -0.4 is 0 Å². The van der Waals surface area contributed by atoms with E-state index in [-0.39, 0.29) is 11.6 Å². The van der Waals surface area contributed by atoms with Crippen LogP contribution in [0, 0.1) is 17.0 Å². The van der Waals surface area contributed by atoms with Crippen molar-refractivity contribution in [3.05, 3.63) is 81.4 Å². The van der Waals surface area contributed by atoms with Crippen LogP contribution in [0.4, 0.5) is 5.69 Å². The highest BCUT2D eigenvalue weighted by Gasteiger charge is 2.07. The second-order valence-electron chi connectivity index (χ2n) is 5.30. The van der Waals surface area contributed by atoms with Gasteiger partial charge in [0.15, 0.2) is 0 Å². The van der Waals surface area contributed by atoms with Crippen molar-refractivity contribution in [2.45, 2.75) is 13.5 Å². The molecule has 0 N–H and O–H groups in total. The van der Waals surface area contributed by atoms with Crippen LogP contribution in [0.5, 0.6) is 0 Å². The first-order valence-corrected chi connectivity index (χ1v) is 7.19. The minimum absolute atomic E-state index is 0.0325. The molecule has 0 bridgehead atoms. The Labute approximate surface area is 135 Å². The van der Waals surface area contributed by atoms with Crippen LogP contribution in [-0.2, 0) is 11.3 Å². The van der Waals surface area contributed by atoms with E-state index < -0.39 is 4.92 Å². The summed E-state index contributed by atoms with van der Waals surface area (Å²) >= 11 is 0. The summed E-state index contributed by atoms with van der Waals surface area (Å²) in [5, 5.41) is 10.6. The lowest BCUT2D eigenvalue weighted by atomic mass is 10.1. The molecule has 0 saturated carbocycles. The molecule has 5 heteroatoms. The summed E-state index contributed by atoms with van der Waals surface area (Å²) in [5.41, 5.74) is 3.02. The fourth-order valence-electron chi connectivity index (χ4n) is 2.12. The van der Waals surface area contributed by atoms with Crippen LogP contribution in [-0.4, -0.2) is 22.8 Å². The van der Waals surface area contributed by atoms with Gasteiger partial charge in [-0.2, -0.15) is 0 Å². The number of nitro benzene ring substituents is 1. The topological polar surface area (TPSA) is 63.5 Å². The SMILES string of the molecule is Cc1ccccc1CN(C)C(=O)/C=C/c1ccc([N+](=O)[O-])cc1. The second kappa shape index (κ2) is 7.35. The molecule has 0 radical (unpaired) electrons. The van der Waals surface area contributed by atoms with Gasteiger partial charge in [-0.25, -0.2) is 0 Å². The second-order valence-corrected chi connectivity index (χ2v) is 5.30. The highest BCUT2D eigenvalue weighted by atomic mass is 16.6. The van der Waals surface area contributed by atoms with E-state index in [0.29, 0.717) is 6.54 Å². The summed E-state index contributed by atoms with van der Waals surface area (Å²) in [4.78, 5) is 23.9. The Morgan fingerprint density at radius 2 is 1.83 bits per heavy atom. The molecule has 2 aromatic carbocycles. The number of non-ortho nitro benzene ring substituents is 1. The summed E-state index contributed by atoms with van der Waals surface area (Å²) in [5.74, 6) is -0.119. The standard InChI is InChI=1S/C18H18N2O3/c1-14-5-3-4-6-16(14)13-19(2)18(21)12-9-15-7-10-17(11-8-15)20(22)23/h3-12H,13H2,1-2H3/b12-9+. The number of rotatable bonds is 5. The molecule has 118 valence electrons. The maximum Gasteiger partial charge on any atom is 0.269 e. The predicted octanol–water partition coefficient (Wildman–Crippen LogP) is 3.58. The third-order valence-corrected chi connectivity index (χ3v) is 3.57. The van der Waals surface area contributed by atoms with Crippen molar-refractivity contribution >= 4 is 17.7 Å². The normalized spacial score (nSPS) is 10.7. The van der Waals surface area contributed by atoms with Crippen molar-refractivity contribution in [3.8, 4) is 0 Å². The molecule has 0 fully saturated rings. The van der Waals surface area contributed by atoms with Gasteiger partial charge in [0, 0.05) is 31.8 Å². The van der Waals surface area contributed by atoms with Crippen molar-refractivity contribution in [1.29, 1.82) is 0 Å². The number of benzene rings is 2. The quantitative estimate of drug-likeness (QED) is 0.482. The van der Waals surface area contributed by atoms with E-state index in [0.717, 1.165) is 16.7 Å². The first-order chi connectivity index (χ1) is 11.0. The fourth-order valence-corrected chi connectivity index (χ4v) is 2.12. The molecule has 0 heterocycles. The fraction of sp³-hybridized carbons (Fsp3) is 0.167. The highest BCUT2D eigenvalue weighted by Crippen LogP contribution is 2.13. The van der Waals surface area contributed by atoms with E-state index in [2.05, 4.69) is 0 Å². The number of hydrogen-bond acceptors (Lipinski definition) is 3. The van der Waals surface area contributed by atoms with E-state index in [4.69, 9.17) is 0 Å². The van der Waals surface area contributed by atoms with E-state index in [1.54, 1.807) is 30.2 Å². The van der Waals surface area contributed by atoms with E-state index in [9.17, 15) is 14.9 Å². The molecule has 2 rings (SSSR count). The highest BCUT2D eigenvalue weighted by molar-refractivity contribution is 5.91. The van der Waals surface area contributed by atoms with Crippen molar-refractivity contribution in [3.63, 3.8) is 0 Å². The van der Waals surface area contributed by atoms with Crippen LogP contribution in [0.3, 0.4) is 0 Å². The van der Waals surface area contributed by atoms with Gasteiger partial charge in [-0.1, -0.05) is 24.3 Å². The Morgan fingerprint density at radius 1 is 1.17 bits per heavy atom. The first-order valence-electron chi connectivity index (χ1n) is 7.19. The third kappa shape index (κ3) is 4.51. The summed E-state index contributed by atoms with van der Waals surface area (Å²) < 4.78 is 0. The molecular formula is C18H18N2O3. The lowest BCUT2D eigenvalue weighted by Crippen LogP contribution is -2.24. The average molecular weight is 310 g/mol. The lowest BCUT2D eigenvalue weighted by Gasteiger charge is -2.16. The number of hydrogen-bond donors (Lipinski definition) is 0. The van der Waals surface area contributed by atoms with Crippen LogP contribution in [0.25, 0.3) is 6.08 Å². The smallest absolute Gasteiger partial charge is 0.269 e. The Hall–Kier alpha value is -2.95. The van der Waals surface area contributed by atoms with Crippen molar-refractivity contribution in [2.75, 3.05) is 7.05 Å². The minimum Gasteiger partial charge on any atom is -0.338 e. The molecule has 0 atom stereocenters. The molecule has 2 aromatic rings. The van der Waals surface area contributed by atoms with Crippen LogP contribution in [0.1, 0.15) is 16.7 Å². The number of carbonyl (C=O) groups is 1. The number of likely N-dealkylation sites (N-methyl/N-ethyl adjacent to an activating group) is 1. The van der Waals surface area contributed by atoms with Gasteiger partial charge in [0.2, 0.25) is 5.91 Å². The molecule has 0 aliphatic rings. The number of nitro groups is 1. The van der Waals surface area contributed by atoms with Crippen LogP contribution >= 0.6 is 0 Å². The van der Waals surface area contributed by atoms with Crippen molar-refractivity contribution < 1.29 is 9.72 Å². The Balaban J connectivity index is 2.00. The maximum atomic E-state index is 12.1. The van der Waals surface area contributed by atoms with Crippen LogP contribution in [0.2, 0.25) is 0 Å². The van der Waals surface area contributed by atoms with Gasteiger partial charge in [-0.15, -0.1) is 0 Å². The lowest BCUT2D eigenvalue weighted by molar-refractivity contribution is -0.384. The Morgan fingerprint density at radius 3 is 2.43 bits per heavy atom. The van der Waals surface area contributed by atoms with Gasteiger partial charge in [0.1, 0.15) is 0 Å². The largest absolute Gasteiger partial charge is 0.338 e. The predicted molar refractivity (Wildman–Crippen MR) is 89.8 cm³/mol. The minimum atomic E-state index is -0.450. The van der Waals surface area contributed by atoms with Crippen molar-refractivity contribution in [2.24, 2.45) is 0 Å². The van der Waals surface area contributed by atoms with E-state index in [1.165, 1.54) is 18.2 Å². The zero-order valence-corrected chi connectivity index (χ0v) is 13.1. The van der Waals surface area contributed by atoms with Gasteiger partial charge < -0.3 is 4.90 Å². The van der Waals surface area contributed by atoms with Gasteiger partial charge >= 0.3 is 0 Å². The summed E-state index contributed by atoms with van der Waals surface area (Å²) in [6, 6.07) is 14.0. The average Bonchev–Trinajstić information content (AvgIpc) is 2.55. The van der Waals surface area contributed by atoms with Crippen molar-refractivity contribution in [1.82, 2.24) is 4.90 Å². The molecule has 0 aliphatic carbocycles. The molecule has 1 amide bonds. The number of nitrogens with zero attached hydrogens (tertiary/aromatic N) is 2. The maximum absolute atomic E-state index is 12.1. The van der Waals surface area contributed by atoms with Gasteiger partial charge in [0.05, 0.1) is 4.92 Å². The molecule has 5 nitrogen and oxygen atoms in total. The number of carbonyl (C=O) groups excluding carboxylic acids is 1. The van der Waals surface area contributed by atoms with Gasteiger partial charge in [-0.05, 0) is 41.8 Å². The Kier molecular flexibility index (Phi) is 5.25. The summed E-state index contributed by atoms with van der Waals surface area (Å²) in [6.45, 7) is 2.55. The van der Waals surface area contributed by atoms with Gasteiger partial charge in [-0.3, -0.25) is 14.9 Å². The monoisotopic (exact) mass is 310 g/mol.